The van der Waals surface area contributed by atoms with Crippen LogP contribution in [0.25, 0.3) is 0 Å². The first-order valence-corrected chi connectivity index (χ1v) is 6.90. The Morgan fingerprint density at radius 1 is 1.38 bits per heavy atom. The first-order chi connectivity index (χ1) is 9.89. The van der Waals surface area contributed by atoms with E-state index in [1.807, 2.05) is 26.8 Å². The lowest BCUT2D eigenvalue weighted by atomic mass is 9.83. The lowest BCUT2D eigenvalue weighted by Crippen LogP contribution is -2.30. The van der Waals surface area contributed by atoms with Crippen LogP contribution in [0.3, 0.4) is 0 Å². The topological polar surface area (TPSA) is 64.3 Å². The van der Waals surface area contributed by atoms with Crippen molar-refractivity contribution in [3.63, 3.8) is 0 Å². The fourth-order valence-corrected chi connectivity index (χ4v) is 2.62. The lowest BCUT2D eigenvalue weighted by Gasteiger charge is -2.28. The van der Waals surface area contributed by atoms with Crippen LogP contribution in [0.4, 0.5) is 0 Å². The quantitative estimate of drug-likeness (QED) is 0.875. The molecule has 5 heteroatoms. The van der Waals surface area contributed by atoms with Gasteiger partial charge in [0.15, 0.2) is 5.78 Å². The summed E-state index contributed by atoms with van der Waals surface area (Å²) in [6, 6.07) is 3.09. The summed E-state index contributed by atoms with van der Waals surface area (Å²) in [5, 5.41) is 10.5. The van der Waals surface area contributed by atoms with Gasteiger partial charge in [-0.25, -0.2) is 4.98 Å². The van der Waals surface area contributed by atoms with Crippen LogP contribution in [-0.2, 0) is 5.41 Å². The van der Waals surface area contributed by atoms with Crippen molar-refractivity contribution >= 4 is 5.78 Å². The van der Waals surface area contributed by atoms with E-state index in [1.54, 1.807) is 29.4 Å². The minimum atomic E-state index is -0.485. The molecule has 0 aliphatic carbocycles. The van der Waals surface area contributed by atoms with Crippen molar-refractivity contribution in [2.24, 2.45) is 0 Å². The zero-order valence-electron chi connectivity index (χ0n) is 12.3. The number of rotatable bonds is 1. The average Bonchev–Trinajstić information content (AvgIpc) is 2.91. The summed E-state index contributed by atoms with van der Waals surface area (Å²) in [4.78, 5) is 16.7. The van der Waals surface area contributed by atoms with Crippen LogP contribution in [0.2, 0.25) is 0 Å². The number of hydrogen-bond donors (Lipinski definition) is 1. The summed E-state index contributed by atoms with van der Waals surface area (Å²) in [6.07, 6.45) is 4.93. The molecule has 0 radical (unpaired) electrons. The van der Waals surface area contributed by atoms with Gasteiger partial charge in [-0.2, -0.15) is 0 Å². The molecule has 1 unspecified atom stereocenters. The van der Waals surface area contributed by atoms with E-state index in [4.69, 9.17) is 4.74 Å². The molecule has 1 N–H and O–H groups in total. The average molecular weight is 286 g/mol. The number of carbonyl (C=O) groups excluding carboxylic acids is 1. The highest BCUT2D eigenvalue weighted by atomic mass is 16.5. The number of imidazole rings is 1. The molecule has 0 bridgehead atoms. The fourth-order valence-electron chi connectivity index (χ4n) is 2.62. The summed E-state index contributed by atoms with van der Waals surface area (Å²) < 4.78 is 7.35. The Morgan fingerprint density at radius 2 is 2.14 bits per heavy atom. The van der Waals surface area contributed by atoms with E-state index in [0.29, 0.717) is 5.75 Å². The van der Waals surface area contributed by atoms with Crippen LogP contribution in [0, 0.1) is 0 Å². The second kappa shape index (κ2) is 4.62. The first-order valence-electron chi connectivity index (χ1n) is 6.90. The van der Waals surface area contributed by atoms with Crippen LogP contribution in [0.5, 0.6) is 11.5 Å². The molecule has 1 atom stereocenters. The molecule has 1 aromatic carbocycles. The Bertz CT molecular complexity index is 684. The molecule has 1 aromatic heterocycles. The number of aromatic hydroxyl groups is 1. The second-order valence-corrected chi connectivity index (χ2v) is 6.29. The van der Waals surface area contributed by atoms with E-state index in [1.165, 1.54) is 0 Å². The molecule has 0 fully saturated rings. The summed E-state index contributed by atoms with van der Waals surface area (Å²) in [6.45, 7) is 6.23. The van der Waals surface area contributed by atoms with Crippen molar-refractivity contribution in [3.05, 3.63) is 42.0 Å². The van der Waals surface area contributed by atoms with Crippen LogP contribution in [0.1, 0.15) is 42.7 Å². The van der Waals surface area contributed by atoms with Crippen molar-refractivity contribution in [1.29, 1.82) is 0 Å². The minimum absolute atomic E-state index is 0.0230. The standard InChI is InChI=1S/C16H18N2O3/c1-16(2,3)10-4-5-12-13(14(10)19)15(20)11(8-21-12)18-7-6-17-9-18/h4-7,9,11,19H,8H2,1-3H3. The van der Waals surface area contributed by atoms with Gasteiger partial charge in [-0.1, -0.05) is 26.8 Å². The molecule has 0 saturated carbocycles. The Hall–Kier alpha value is -2.30. The Labute approximate surface area is 123 Å². The normalized spacial score (nSPS) is 18.2. The van der Waals surface area contributed by atoms with Crippen molar-refractivity contribution in [3.8, 4) is 11.5 Å². The monoisotopic (exact) mass is 286 g/mol. The van der Waals surface area contributed by atoms with Crippen molar-refractivity contribution in [1.82, 2.24) is 9.55 Å². The molecule has 1 aliphatic heterocycles. The number of ketones is 1. The number of hydrogen-bond acceptors (Lipinski definition) is 4. The number of carbonyl (C=O) groups is 1. The Balaban J connectivity index is 2.10. The molecule has 2 aromatic rings. The van der Waals surface area contributed by atoms with Gasteiger partial charge < -0.3 is 14.4 Å². The minimum Gasteiger partial charge on any atom is -0.507 e. The van der Waals surface area contributed by atoms with Gasteiger partial charge in [0.05, 0.1) is 6.33 Å². The maximum absolute atomic E-state index is 12.7. The van der Waals surface area contributed by atoms with E-state index in [2.05, 4.69) is 4.98 Å². The number of phenols is 1. The summed E-state index contributed by atoms with van der Waals surface area (Å²) in [7, 11) is 0. The third kappa shape index (κ3) is 2.18. The molecule has 0 spiro atoms. The van der Waals surface area contributed by atoms with Gasteiger partial charge in [0.2, 0.25) is 0 Å². The van der Waals surface area contributed by atoms with Crippen molar-refractivity contribution in [2.45, 2.75) is 32.2 Å². The summed E-state index contributed by atoms with van der Waals surface area (Å²) >= 11 is 0. The number of Topliss-reactive ketones (excluding diaryl/α,β-unsaturated/α-hetero) is 1. The molecule has 1 aliphatic rings. The van der Waals surface area contributed by atoms with Crippen LogP contribution in [0.15, 0.2) is 30.9 Å². The zero-order valence-corrected chi connectivity index (χ0v) is 12.3. The number of benzene rings is 1. The number of aromatic nitrogens is 2. The summed E-state index contributed by atoms with van der Waals surface area (Å²) in [5.74, 6) is 0.328. The maximum atomic E-state index is 12.7. The van der Waals surface area contributed by atoms with Gasteiger partial charge in [0.1, 0.15) is 29.7 Å². The fraction of sp³-hybridized carbons (Fsp3) is 0.375. The molecule has 5 nitrogen and oxygen atoms in total. The molecular weight excluding hydrogens is 268 g/mol. The predicted molar refractivity (Wildman–Crippen MR) is 77.9 cm³/mol. The molecular formula is C16H18N2O3. The van der Waals surface area contributed by atoms with Gasteiger partial charge in [-0.15, -0.1) is 0 Å². The largest absolute Gasteiger partial charge is 0.507 e. The van der Waals surface area contributed by atoms with Gasteiger partial charge in [0.25, 0.3) is 0 Å². The molecule has 21 heavy (non-hydrogen) atoms. The number of ether oxygens (including phenoxy) is 1. The Kier molecular flexibility index (Phi) is 3.01. The maximum Gasteiger partial charge on any atom is 0.196 e. The first kappa shape index (κ1) is 13.7. The van der Waals surface area contributed by atoms with Gasteiger partial charge in [-0.05, 0) is 11.5 Å². The molecule has 2 heterocycles. The number of phenolic OH excluding ortho intramolecular Hbond substituents is 1. The number of fused-ring (bicyclic) bond motifs is 1. The summed E-state index contributed by atoms with van der Waals surface area (Å²) in [5.41, 5.74) is 0.762. The van der Waals surface area contributed by atoms with Crippen molar-refractivity contribution in [2.75, 3.05) is 6.61 Å². The van der Waals surface area contributed by atoms with Crippen LogP contribution in [-0.4, -0.2) is 27.0 Å². The highest BCUT2D eigenvalue weighted by molar-refractivity contribution is 6.05. The van der Waals surface area contributed by atoms with E-state index in [9.17, 15) is 9.90 Å². The van der Waals surface area contributed by atoms with Crippen LogP contribution >= 0.6 is 0 Å². The third-order valence-corrected chi connectivity index (χ3v) is 3.78. The smallest absolute Gasteiger partial charge is 0.196 e. The van der Waals surface area contributed by atoms with Gasteiger partial charge in [-0.3, -0.25) is 4.79 Å². The van der Waals surface area contributed by atoms with E-state index in [0.717, 1.165) is 5.56 Å². The lowest BCUT2D eigenvalue weighted by molar-refractivity contribution is 0.0836. The van der Waals surface area contributed by atoms with E-state index in [-0.39, 0.29) is 29.1 Å². The third-order valence-electron chi connectivity index (χ3n) is 3.78. The molecule has 3 rings (SSSR count). The second-order valence-electron chi connectivity index (χ2n) is 6.29. The van der Waals surface area contributed by atoms with Crippen molar-refractivity contribution < 1.29 is 14.6 Å². The highest BCUT2D eigenvalue weighted by Crippen LogP contribution is 2.41. The Morgan fingerprint density at radius 3 is 2.76 bits per heavy atom. The molecule has 0 saturated heterocycles. The SMILES string of the molecule is CC(C)(C)c1ccc2c(c1O)C(=O)C(n1ccnc1)CO2. The van der Waals surface area contributed by atoms with E-state index >= 15 is 0 Å². The van der Waals surface area contributed by atoms with Gasteiger partial charge in [0, 0.05) is 18.0 Å². The molecule has 0 amide bonds. The van der Waals surface area contributed by atoms with Crippen LogP contribution < -0.4 is 4.74 Å². The molecule has 110 valence electrons. The van der Waals surface area contributed by atoms with E-state index < -0.39 is 6.04 Å². The zero-order chi connectivity index (χ0) is 15.2. The van der Waals surface area contributed by atoms with Gasteiger partial charge >= 0.3 is 0 Å². The predicted octanol–water partition coefficient (Wildman–Crippen LogP) is 2.70. The number of nitrogens with zero attached hydrogens (tertiary/aromatic N) is 2. The highest BCUT2D eigenvalue weighted by Gasteiger charge is 2.34.